The fourth-order valence-electron chi connectivity index (χ4n) is 2.91. The molecule has 3 aromatic carbocycles. The fourth-order valence-corrected chi connectivity index (χ4v) is 3.08. The standard InChI is InChI=1S/C25H20ClF3N2O5/c1-15(30-24(34)35-14-16-5-3-2-4-6-16)23(33)36-21-12-9-18(26)13-20(21)22(32)31-19-10-7-17(8-11-19)25(27,28)29/h2-13,15H,14H2,1H3,(H,30,34)(H,31,32)/t15-/m0/s1. The molecule has 2 amide bonds. The van der Waals surface area contributed by atoms with Gasteiger partial charge in [-0.05, 0) is 55.0 Å². The molecule has 0 unspecified atom stereocenters. The third-order valence-corrected chi connectivity index (χ3v) is 5.00. The zero-order valence-electron chi connectivity index (χ0n) is 18.8. The maximum Gasteiger partial charge on any atom is 0.416 e. The summed E-state index contributed by atoms with van der Waals surface area (Å²) in [5.41, 5.74) is -0.176. The lowest BCUT2D eigenvalue weighted by atomic mass is 10.1. The van der Waals surface area contributed by atoms with Crippen molar-refractivity contribution in [1.82, 2.24) is 5.32 Å². The van der Waals surface area contributed by atoms with E-state index in [1.165, 1.54) is 25.1 Å². The molecule has 11 heteroatoms. The Hall–Kier alpha value is -4.05. The maximum atomic E-state index is 12.7. The molecule has 0 bridgehead atoms. The second-order valence-electron chi connectivity index (χ2n) is 7.52. The minimum atomic E-state index is -4.52. The van der Waals surface area contributed by atoms with Gasteiger partial charge < -0.3 is 20.1 Å². The average molecular weight is 521 g/mol. The first-order valence-electron chi connectivity index (χ1n) is 10.5. The Balaban J connectivity index is 1.63. The molecular formula is C25H20ClF3N2O5. The monoisotopic (exact) mass is 520 g/mol. The molecule has 0 saturated carbocycles. The van der Waals surface area contributed by atoms with Gasteiger partial charge in [0.2, 0.25) is 0 Å². The first kappa shape index (κ1) is 26.6. The van der Waals surface area contributed by atoms with Crippen LogP contribution >= 0.6 is 11.6 Å². The van der Waals surface area contributed by atoms with Gasteiger partial charge in [0.1, 0.15) is 18.4 Å². The van der Waals surface area contributed by atoms with Crippen LogP contribution in [0.5, 0.6) is 5.75 Å². The highest BCUT2D eigenvalue weighted by Crippen LogP contribution is 2.30. The smallest absolute Gasteiger partial charge is 0.416 e. The molecule has 2 N–H and O–H groups in total. The van der Waals surface area contributed by atoms with Gasteiger partial charge in [0.15, 0.2) is 0 Å². The van der Waals surface area contributed by atoms with E-state index in [4.69, 9.17) is 21.1 Å². The lowest BCUT2D eigenvalue weighted by molar-refractivity contribution is -0.138. The Labute approximate surface area is 209 Å². The number of ether oxygens (including phenoxy) is 2. The van der Waals surface area contributed by atoms with Gasteiger partial charge in [0.25, 0.3) is 5.91 Å². The Kier molecular flexibility index (Phi) is 8.55. The van der Waals surface area contributed by atoms with Crippen LogP contribution in [0.4, 0.5) is 23.7 Å². The predicted octanol–water partition coefficient (Wildman–Crippen LogP) is 5.83. The Morgan fingerprint density at radius 2 is 1.64 bits per heavy atom. The van der Waals surface area contributed by atoms with Gasteiger partial charge in [-0.2, -0.15) is 13.2 Å². The molecule has 36 heavy (non-hydrogen) atoms. The number of halogens is 4. The molecule has 1 atom stereocenters. The number of hydrogen-bond donors (Lipinski definition) is 2. The summed E-state index contributed by atoms with van der Waals surface area (Å²) in [5, 5.41) is 4.91. The molecule has 3 rings (SSSR count). The number of rotatable bonds is 7. The minimum Gasteiger partial charge on any atom is -0.445 e. The molecule has 0 aromatic heterocycles. The van der Waals surface area contributed by atoms with Crippen molar-refractivity contribution in [2.75, 3.05) is 5.32 Å². The van der Waals surface area contributed by atoms with Crippen LogP contribution in [0.2, 0.25) is 5.02 Å². The van der Waals surface area contributed by atoms with E-state index in [0.29, 0.717) is 0 Å². The summed E-state index contributed by atoms with van der Waals surface area (Å²) in [5.74, 6) is -1.83. The molecular weight excluding hydrogens is 501 g/mol. The molecule has 188 valence electrons. The first-order valence-corrected chi connectivity index (χ1v) is 10.9. The normalized spacial score (nSPS) is 11.8. The van der Waals surface area contributed by atoms with Crippen molar-refractivity contribution in [3.05, 3.63) is 94.5 Å². The zero-order valence-corrected chi connectivity index (χ0v) is 19.5. The van der Waals surface area contributed by atoms with E-state index in [0.717, 1.165) is 29.8 Å². The molecule has 0 heterocycles. The van der Waals surface area contributed by atoms with Crippen LogP contribution in [-0.2, 0) is 22.3 Å². The van der Waals surface area contributed by atoms with Crippen molar-refractivity contribution in [3.63, 3.8) is 0 Å². The summed E-state index contributed by atoms with van der Waals surface area (Å²) >= 11 is 5.97. The van der Waals surface area contributed by atoms with Gasteiger partial charge in [-0.15, -0.1) is 0 Å². The quantitative estimate of drug-likeness (QED) is 0.302. The number of carbonyl (C=O) groups is 3. The number of alkyl halides is 3. The van der Waals surface area contributed by atoms with Gasteiger partial charge in [0, 0.05) is 10.7 Å². The van der Waals surface area contributed by atoms with E-state index < -0.39 is 35.8 Å². The van der Waals surface area contributed by atoms with Crippen molar-refractivity contribution in [1.29, 1.82) is 0 Å². The van der Waals surface area contributed by atoms with Crippen LogP contribution in [0.15, 0.2) is 72.8 Å². The number of hydrogen-bond acceptors (Lipinski definition) is 5. The number of carbonyl (C=O) groups excluding carboxylic acids is 3. The number of nitrogens with one attached hydrogen (secondary N) is 2. The van der Waals surface area contributed by atoms with Crippen LogP contribution < -0.4 is 15.4 Å². The number of alkyl carbamates (subject to hydrolysis) is 1. The summed E-state index contributed by atoms with van der Waals surface area (Å²) in [6, 6.07) is 15.5. The summed E-state index contributed by atoms with van der Waals surface area (Å²) in [7, 11) is 0. The Bertz CT molecular complexity index is 1230. The maximum absolute atomic E-state index is 12.7. The van der Waals surface area contributed by atoms with Crippen LogP contribution in [0.1, 0.15) is 28.4 Å². The lowest BCUT2D eigenvalue weighted by Gasteiger charge is -2.15. The van der Waals surface area contributed by atoms with Crippen molar-refractivity contribution in [3.8, 4) is 5.75 Å². The van der Waals surface area contributed by atoms with Gasteiger partial charge >= 0.3 is 18.2 Å². The van der Waals surface area contributed by atoms with Gasteiger partial charge in [-0.3, -0.25) is 4.79 Å². The SMILES string of the molecule is C[C@H](NC(=O)OCc1ccccc1)C(=O)Oc1ccc(Cl)cc1C(=O)Nc1ccc(C(F)(F)F)cc1. The molecule has 0 saturated heterocycles. The van der Waals surface area contributed by atoms with Gasteiger partial charge in [-0.1, -0.05) is 41.9 Å². The minimum absolute atomic E-state index is 0.000105. The second-order valence-corrected chi connectivity index (χ2v) is 7.96. The predicted molar refractivity (Wildman–Crippen MR) is 126 cm³/mol. The Morgan fingerprint density at radius 1 is 0.972 bits per heavy atom. The molecule has 0 aliphatic carbocycles. The van der Waals surface area contributed by atoms with Crippen LogP contribution in [0.25, 0.3) is 0 Å². The molecule has 0 radical (unpaired) electrons. The van der Waals surface area contributed by atoms with E-state index in [1.54, 1.807) is 24.3 Å². The van der Waals surface area contributed by atoms with Crippen molar-refractivity contribution in [2.45, 2.75) is 25.7 Å². The van der Waals surface area contributed by atoms with E-state index in [9.17, 15) is 27.6 Å². The summed E-state index contributed by atoms with van der Waals surface area (Å²) in [6.07, 6.45) is -5.37. The summed E-state index contributed by atoms with van der Waals surface area (Å²) in [4.78, 5) is 37.3. The van der Waals surface area contributed by atoms with E-state index in [1.807, 2.05) is 6.07 Å². The highest BCUT2D eigenvalue weighted by atomic mass is 35.5. The first-order chi connectivity index (χ1) is 17.0. The van der Waals surface area contributed by atoms with Gasteiger partial charge in [-0.25, -0.2) is 9.59 Å². The molecule has 7 nitrogen and oxygen atoms in total. The van der Waals surface area contributed by atoms with Crippen LogP contribution in [-0.4, -0.2) is 24.0 Å². The molecule has 0 aliphatic rings. The second kappa shape index (κ2) is 11.6. The average Bonchev–Trinajstić information content (AvgIpc) is 2.84. The summed E-state index contributed by atoms with van der Waals surface area (Å²) < 4.78 is 48.6. The third kappa shape index (κ3) is 7.47. The zero-order chi connectivity index (χ0) is 26.3. The topological polar surface area (TPSA) is 93.7 Å². The molecule has 3 aromatic rings. The number of esters is 1. The summed E-state index contributed by atoms with van der Waals surface area (Å²) in [6.45, 7) is 1.36. The number of benzene rings is 3. The van der Waals surface area contributed by atoms with E-state index >= 15 is 0 Å². The van der Waals surface area contributed by atoms with E-state index in [-0.39, 0.29) is 28.6 Å². The highest BCUT2D eigenvalue weighted by Gasteiger charge is 2.30. The van der Waals surface area contributed by atoms with E-state index in [2.05, 4.69) is 10.6 Å². The van der Waals surface area contributed by atoms with Crippen molar-refractivity contribution < 1.29 is 37.0 Å². The van der Waals surface area contributed by atoms with Crippen LogP contribution in [0, 0.1) is 0 Å². The molecule has 0 fully saturated rings. The fraction of sp³-hybridized carbons (Fsp3) is 0.160. The highest BCUT2D eigenvalue weighted by molar-refractivity contribution is 6.31. The molecule has 0 spiro atoms. The van der Waals surface area contributed by atoms with Crippen LogP contribution in [0.3, 0.4) is 0 Å². The Morgan fingerprint density at radius 3 is 2.28 bits per heavy atom. The van der Waals surface area contributed by atoms with Gasteiger partial charge in [0.05, 0.1) is 11.1 Å². The molecule has 0 aliphatic heterocycles. The van der Waals surface area contributed by atoms with Crippen molar-refractivity contribution >= 4 is 35.3 Å². The lowest BCUT2D eigenvalue weighted by Crippen LogP contribution is -2.41. The van der Waals surface area contributed by atoms with Crippen molar-refractivity contribution in [2.24, 2.45) is 0 Å². The number of amides is 2. The largest absolute Gasteiger partial charge is 0.445 e. The third-order valence-electron chi connectivity index (χ3n) is 4.77. The number of anilines is 1.